The zero-order valence-corrected chi connectivity index (χ0v) is 20.7. The van der Waals surface area contributed by atoms with Crippen LogP contribution in [0.1, 0.15) is 28.4 Å². The minimum absolute atomic E-state index is 0.311. The molecule has 0 fully saturated rings. The zero-order valence-electron chi connectivity index (χ0n) is 18.5. The van der Waals surface area contributed by atoms with Crippen LogP contribution in [0.2, 0.25) is 0 Å². The number of halogens is 1. The van der Waals surface area contributed by atoms with Gasteiger partial charge in [0.25, 0.3) is 0 Å². The van der Waals surface area contributed by atoms with E-state index in [1.54, 1.807) is 25.1 Å². The first-order valence-electron chi connectivity index (χ1n) is 10.5. The maximum Gasteiger partial charge on any atom is 0.340 e. The molecule has 0 spiro atoms. The van der Waals surface area contributed by atoms with Crippen LogP contribution in [-0.4, -0.2) is 31.9 Å². The van der Waals surface area contributed by atoms with E-state index in [-0.39, 0.29) is 5.97 Å². The molecule has 0 bridgehead atoms. The predicted molar refractivity (Wildman–Crippen MR) is 137 cm³/mol. The zero-order chi connectivity index (χ0) is 23.6. The lowest BCUT2D eigenvalue weighted by Crippen LogP contribution is -2.16. The van der Waals surface area contributed by atoms with Gasteiger partial charge in [-0.25, -0.2) is 9.59 Å². The normalized spacial score (nSPS) is 11.8. The lowest BCUT2D eigenvalue weighted by molar-refractivity contribution is -0.137. The third-order valence-electron chi connectivity index (χ3n) is 4.93. The van der Waals surface area contributed by atoms with Crippen LogP contribution in [0.3, 0.4) is 0 Å². The maximum absolute atomic E-state index is 12.0. The molecule has 0 aliphatic carbocycles. The Morgan fingerprint density at radius 2 is 1.52 bits per heavy atom. The summed E-state index contributed by atoms with van der Waals surface area (Å²) in [6.07, 6.45) is 3.23. The molecule has 0 aliphatic rings. The Hall–Kier alpha value is -2.97. The average molecular weight is 556 g/mol. The molecule has 3 aromatic carbocycles. The molecule has 0 radical (unpaired) electrons. The van der Waals surface area contributed by atoms with E-state index in [9.17, 15) is 9.59 Å². The molecule has 170 valence electrons. The molecule has 3 aromatic rings. The smallest absolute Gasteiger partial charge is 0.340 e. The van der Waals surface area contributed by atoms with Gasteiger partial charge < -0.3 is 14.2 Å². The van der Waals surface area contributed by atoms with Crippen LogP contribution in [0.5, 0.6) is 0 Å². The van der Waals surface area contributed by atoms with E-state index < -0.39 is 12.3 Å². The van der Waals surface area contributed by atoms with Gasteiger partial charge in [0, 0.05) is 23.2 Å². The van der Waals surface area contributed by atoms with Gasteiger partial charge in [0.2, 0.25) is 0 Å². The quantitative estimate of drug-likeness (QED) is 0.142. The van der Waals surface area contributed by atoms with Gasteiger partial charge in [-0.2, -0.15) is 0 Å². The number of esters is 2. The standard InChI is InChI=1S/C27H25IO5/c1-19(31-2)33-27(30)24-12-10-23(11-13-24)22-8-3-21(4-9-22)17-18-32-26(29)16-7-20-5-14-25(28)15-6-20/h3-16,19H,17-18H2,1-2H3/b16-7+. The fourth-order valence-electron chi connectivity index (χ4n) is 2.99. The first-order chi connectivity index (χ1) is 15.9. The van der Waals surface area contributed by atoms with Gasteiger partial charge in [0.15, 0.2) is 6.29 Å². The minimum atomic E-state index is -0.590. The number of carbonyl (C=O) groups excluding carboxylic acids is 2. The fourth-order valence-corrected chi connectivity index (χ4v) is 3.34. The molecule has 0 saturated heterocycles. The van der Waals surface area contributed by atoms with E-state index in [1.165, 1.54) is 13.2 Å². The summed E-state index contributed by atoms with van der Waals surface area (Å²) in [4.78, 5) is 24.0. The monoisotopic (exact) mass is 556 g/mol. The Balaban J connectivity index is 1.48. The molecule has 0 amide bonds. The summed E-state index contributed by atoms with van der Waals surface area (Å²) in [6, 6.07) is 23.1. The Kier molecular flexibility index (Phi) is 9.21. The molecule has 5 nitrogen and oxygen atoms in total. The molecular weight excluding hydrogens is 531 g/mol. The highest BCUT2D eigenvalue weighted by molar-refractivity contribution is 14.1. The second-order valence-corrected chi connectivity index (χ2v) is 8.53. The van der Waals surface area contributed by atoms with Crippen LogP contribution < -0.4 is 0 Å². The van der Waals surface area contributed by atoms with Crippen LogP contribution >= 0.6 is 22.6 Å². The number of hydrogen-bond acceptors (Lipinski definition) is 5. The number of benzene rings is 3. The van der Waals surface area contributed by atoms with E-state index in [0.29, 0.717) is 18.6 Å². The fraction of sp³-hybridized carbons (Fsp3) is 0.185. The largest absolute Gasteiger partial charge is 0.462 e. The summed E-state index contributed by atoms with van der Waals surface area (Å²) in [5.41, 5.74) is 4.52. The van der Waals surface area contributed by atoms with Crippen molar-refractivity contribution in [3.8, 4) is 11.1 Å². The van der Waals surface area contributed by atoms with Gasteiger partial charge >= 0.3 is 11.9 Å². The maximum atomic E-state index is 12.0. The lowest BCUT2D eigenvalue weighted by Gasteiger charge is -2.11. The van der Waals surface area contributed by atoms with E-state index in [4.69, 9.17) is 14.2 Å². The topological polar surface area (TPSA) is 61.8 Å². The van der Waals surface area contributed by atoms with E-state index in [2.05, 4.69) is 22.6 Å². The van der Waals surface area contributed by atoms with Gasteiger partial charge in [-0.15, -0.1) is 0 Å². The van der Waals surface area contributed by atoms with E-state index in [0.717, 1.165) is 25.8 Å². The van der Waals surface area contributed by atoms with Crippen molar-refractivity contribution in [3.63, 3.8) is 0 Å². The molecule has 3 rings (SSSR count). The van der Waals surface area contributed by atoms with Crippen molar-refractivity contribution in [3.05, 3.63) is 99.1 Å². The first-order valence-corrected chi connectivity index (χ1v) is 11.6. The van der Waals surface area contributed by atoms with Crippen LogP contribution in [0.25, 0.3) is 17.2 Å². The molecule has 0 saturated carbocycles. The Labute approximate surface area is 207 Å². The van der Waals surface area contributed by atoms with Crippen LogP contribution in [0, 0.1) is 3.57 Å². The molecule has 0 N–H and O–H groups in total. The summed E-state index contributed by atoms with van der Waals surface area (Å²) in [6.45, 7) is 1.97. The Morgan fingerprint density at radius 3 is 2.12 bits per heavy atom. The highest BCUT2D eigenvalue weighted by atomic mass is 127. The second kappa shape index (κ2) is 12.3. The van der Waals surface area contributed by atoms with Gasteiger partial charge in [-0.3, -0.25) is 0 Å². The van der Waals surface area contributed by atoms with Gasteiger partial charge in [-0.05, 0) is 82.1 Å². The van der Waals surface area contributed by atoms with Crippen molar-refractivity contribution in [2.45, 2.75) is 19.6 Å². The van der Waals surface area contributed by atoms with Crippen LogP contribution in [0.4, 0.5) is 0 Å². The third-order valence-corrected chi connectivity index (χ3v) is 5.65. The highest BCUT2D eigenvalue weighted by Crippen LogP contribution is 2.21. The van der Waals surface area contributed by atoms with Gasteiger partial charge in [0.1, 0.15) is 0 Å². The summed E-state index contributed by atoms with van der Waals surface area (Å²) in [5, 5.41) is 0. The highest BCUT2D eigenvalue weighted by Gasteiger charge is 2.11. The predicted octanol–water partition coefficient (Wildman–Crippen LogP) is 5.91. The molecule has 0 aliphatic heterocycles. The number of methoxy groups -OCH3 is 1. The van der Waals surface area contributed by atoms with Gasteiger partial charge in [0.05, 0.1) is 12.2 Å². The van der Waals surface area contributed by atoms with Crippen LogP contribution in [0.15, 0.2) is 78.9 Å². The van der Waals surface area contributed by atoms with Gasteiger partial charge in [-0.1, -0.05) is 48.5 Å². The van der Waals surface area contributed by atoms with Crippen molar-refractivity contribution >= 4 is 40.6 Å². The number of carbonyl (C=O) groups is 2. The molecule has 1 unspecified atom stereocenters. The van der Waals surface area contributed by atoms with Crippen molar-refractivity contribution < 1.29 is 23.8 Å². The average Bonchev–Trinajstić information content (AvgIpc) is 2.84. The summed E-state index contributed by atoms with van der Waals surface area (Å²) < 4.78 is 16.5. The van der Waals surface area contributed by atoms with E-state index >= 15 is 0 Å². The molecule has 0 heterocycles. The molecular formula is C27H25IO5. The summed E-state index contributed by atoms with van der Waals surface area (Å²) in [5.74, 6) is -0.780. The summed E-state index contributed by atoms with van der Waals surface area (Å²) in [7, 11) is 1.48. The Bertz CT molecular complexity index is 1090. The molecule has 0 aromatic heterocycles. The SMILES string of the molecule is COC(C)OC(=O)c1ccc(-c2ccc(CCOC(=O)/C=C/c3ccc(I)cc3)cc2)cc1. The van der Waals surface area contributed by atoms with Crippen molar-refractivity contribution in [1.82, 2.24) is 0 Å². The number of rotatable bonds is 9. The first kappa shape index (κ1) is 24.7. The number of hydrogen-bond donors (Lipinski definition) is 0. The Morgan fingerprint density at radius 1 is 0.909 bits per heavy atom. The summed E-state index contributed by atoms with van der Waals surface area (Å²) >= 11 is 2.24. The molecule has 1 atom stereocenters. The van der Waals surface area contributed by atoms with Crippen molar-refractivity contribution in [2.75, 3.05) is 13.7 Å². The third kappa shape index (κ3) is 7.83. The number of ether oxygens (including phenoxy) is 3. The lowest BCUT2D eigenvalue weighted by atomic mass is 10.0. The molecule has 6 heteroatoms. The van der Waals surface area contributed by atoms with Crippen molar-refractivity contribution in [1.29, 1.82) is 0 Å². The minimum Gasteiger partial charge on any atom is -0.462 e. The molecule has 33 heavy (non-hydrogen) atoms. The van der Waals surface area contributed by atoms with E-state index in [1.807, 2.05) is 60.7 Å². The second-order valence-electron chi connectivity index (χ2n) is 7.29. The van der Waals surface area contributed by atoms with Crippen molar-refractivity contribution in [2.24, 2.45) is 0 Å². The van der Waals surface area contributed by atoms with Crippen LogP contribution in [-0.2, 0) is 25.4 Å².